The predicted molar refractivity (Wildman–Crippen MR) is 75.0 cm³/mol. The maximum atomic E-state index is 2.25. The molecular formula is C16H19N. The Hall–Kier alpha value is -1.76. The Labute approximate surface area is 104 Å². The molecule has 17 heavy (non-hydrogen) atoms. The summed E-state index contributed by atoms with van der Waals surface area (Å²) in [6.07, 6.45) is 12.3. The topological polar surface area (TPSA) is 3.24 Å². The van der Waals surface area contributed by atoms with Crippen LogP contribution in [-0.4, -0.2) is 0 Å². The van der Waals surface area contributed by atoms with Crippen LogP contribution in [0.2, 0.25) is 0 Å². The molecule has 1 aliphatic heterocycles. The van der Waals surface area contributed by atoms with Crippen LogP contribution in [0, 0.1) is 0 Å². The van der Waals surface area contributed by atoms with Crippen LogP contribution < -0.4 is 4.90 Å². The smallest absolute Gasteiger partial charge is 0.0452 e. The van der Waals surface area contributed by atoms with Gasteiger partial charge in [-0.05, 0) is 35.3 Å². The average Bonchev–Trinajstić information content (AvgIpc) is 2.56. The normalized spacial score (nSPS) is 15.1. The molecule has 0 unspecified atom stereocenters. The van der Waals surface area contributed by atoms with Crippen LogP contribution in [0.4, 0.5) is 5.69 Å². The van der Waals surface area contributed by atoms with Gasteiger partial charge in [-0.3, -0.25) is 0 Å². The molecule has 0 amide bonds. The number of rotatable bonds is 1. The van der Waals surface area contributed by atoms with Gasteiger partial charge in [-0.1, -0.05) is 45.1 Å². The van der Waals surface area contributed by atoms with Gasteiger partial charge in [0.05, 0.1) is 0 Å². The fraction of sp³-hybridized carbons (Fsp3) is 0.250. The van der Waals surface area contributed by atoms with Gasteiger partial charge in [0.25, 0.3) is 0 Å². The van der Waals surface area contributed by atoms with Crippen LogP contribution in [-0.2, 0) is 5.41 Å². The van der Waals surface area contributed by atoms with Crippen molar-refractivity contribution >= 4 is 5.69 Å². The highest BCUT2D eigenvalue weighted by atomic mass is 15.1. The molecule has 0 spiro atoms. The van der Waals surface area contributed by atoms with Crippen LogP contribution in [0.25, 0.3) is 0 Å². The van der Waals surface area contributed by atoms with Gasteiger partial charge in [-0.25, -0.2) is 0 Å². The van der Waals surface area contributed by atoms with E-state index in [0.717, 1.165) is 0 Å². The van der Waals surface area contributed by atoms with Gasteiger partial charge >= 0.3 is 0 Å². The van der Waals surface area contributed by atoms with E-state index in [1.807, 2.05) is 24.3 Å². The Morgan fingerprint density at radius 2 is 1.53 bits per heavy atom. The first kappa shape index (κ1) is 11.7. The number of benzene rings is 1. The van der Waals surface area contributed by atoms with Gasteiger partial charge in [0, 0.05) is 18.1 Å². The van der Waals surface area contributed by atoms with Crippen molar-refractivity contribution in [3.63, 3.8) is 0 Å². The first-order valence-electron chi connectivity index (χ1n) is 5.98. The second-order valence-electron chi connectivity index (χ2n) is 5.28. The fourth-order valence-corrected chi connectivity index (χ4v) is 1.77. The highest BCUT2D eigenvalue weighted by molar-refractivity contribution is 5.55. The van der Waals surface area contributed by atoms with E-state index in [9.17, 15) is 0 Å². The summed E-state index contributed by atoms with van der Waals surface area (Å²) in [6.45, 7) is 6.71. The van der Waals surface area contributed by atoms with E-state index in [4.69, 9.17) is 0 Å². The molecule has 0 saturated heterocycles. The summed E-state index contributed by atoms with van der Waals surface area (Å²) in [4.78, 5) is 2.13. The molecule has 0 saturated carbocycles. The molecule has 0 N–H and O–H groups in total. The number of anilines is 1. The third-order valence-corrected chi connectivity index (χ3v) is 2.84. The molecule has 0 radical (unpaired) electrons. The molecule has 0 fully saturated rings. The number of allylic oxidation sites excluding steroid dienone is 4. The van der Waals surface area contributed by atoms with Gasteiger partial charge < -0.3 is 4.90 Å². The summed E-state index contributed by atoms with van der Waals surface area (Å²) in [5, 5.41) is 0. The monoisotopic (exact) mass is 225 g/mol. The van der Waals surface area contributed by atoms with E-state index in [-0.39, 0.29) is 5.41 Å². The number of nitrogens with zero attached hydrogens (tertiary/aromatic N) is 1. The highest BCUT2D eigenvalue weighted by Crippen LogP contribution is 2.26. The van der Waals surface area contributed by atoms with Crippen LogP contribution in [0.5, 0.6) is 0 Å². The molecule has 0 atom stereocenters. The zero-order chi connectivity index (χ0) is 12.3. The van der Waals surface area contributed by atoms with Crippen molar-refractivity contribution in [1.29, 1.82) is 0 Å². The second kappa shape index (κ2) is 4.62. The molecule has 1 heteroatoms. The number of hydrogen-bond acceptors (Lipinski definition) is 1. The summed E-state index contributed by atoms with van der Waals surface area (Å²) in [5.74, 6) is 0. The maximum absolute atomic E-state index is 2.25. The summed E-state index contributed by atoms with van der Waals surface area (Å²) >= 11 is 0. The maximum Gasteiger partial charge on any atom is 0.0452 e. The second-order valence-corrected chi connectivity index (χ2v) is 5.28. The van der Waals surface area contributed by atoms with Crippen LogP contribution in [0.3, 0.4) is 0 Å². The van der Waals surface area contributed by atoms with Crippen molar-refractivity contribution in [1.82, 2.24) is 0 Å². The molecule has 1 aliphatic rings. The lowest BCUT2D eigenvalue weighted by Crippen LogP contribution is -2.13. The molecule has 1 aromatic rings. The minimum absolute atomic E-state index is 0.188. The predicted octanol–water partition coefficient (Wildman–Crippen LogP) is 4.39. The first-order valence-corrected chi connectivity index (χ1v) is 5.98. The lowest BCUT2D eigenvalue weighted by molar-refractivity contribution is 0.590. The van der Waals surface area contributed by atoms with Gasteiger partial charge in [-0.2, -0.15) is 0 Å². The van der Waals surface area contributed by atoms with Crippen molar-refractivity contribution in [3.05, 3.63) is 66.5 Å². The highest BCUT2D eigenvalue weighted by Gasteiger charge is 2.14. The Kier molecular flexibility index (Phi) is 3.19. The van der Waals surface area contributed by atoms with Gasteiger partial charge in [0.2, 0.25) is 0 Å². The van der Waals surface area contributed by atoms with Gasteiger partial charge in [-0.15, -0.1) is 0 Å². The lowest BCUT2D eigenvalue weighted by Gasteiger charge is -2.22. The van der Waals surface area contributed by atoms with Crippen LogP contribution in [0.15, 0.2) is 61.0 Å². The van der Waals surface area contributed by atoms with Gasteiger partial charge in [0.15, 0.2) is 0 Å². The molecular weight excluding hydrogens is 206 g/mol. The van der Waals surface area contributed by atoms with E-state index in [2.05, 4.69) is 62.3 Å². The Morgan fingerprint density at radius 1 is 0.882 bits per heavy atom. The van der Waals surface area contributed by atoms with E-state index in [1.165, 1.54) is 11.3 Å². The largest absolute Gasteiger partial charge is 0.324 e. The molecule has 1 aromatic carbocycles. The summed E-state index contributed by atoms with van der Waals surface area (Å²) < 4.78 is 0. The Morgan fingerprint density at radius 3 is 2.12 bits per heavy atom. The first-order chi connectivity index (χ1) is 8.07. The number of hydrogen-bond donors (Lipinski definition) is 0. The standard InChI is InChI=1S/C16H19N/c1-16(2,3)14-9-8-10-15(13-14)17-11-6-4-5-7-12-17/h4-13H,1-3H3. The molecule has 1 heterocycles. The molecule has 2 rings (SSSR count). The van der Waals surface area contributed by atoms with Crippen molar-refractivity contribution in [2.45, 2.75) is 26.2 Å². The van der Waals surface area contributed by atoms with E-state index >= 15 is 0 Å². The third kappa shape index (κ3) is 2.88. The third-order valence-electron chi connectivity index (χ3n) is 2.84. The molecule has 0 aliphatic carbocycles. The molecule has 1 nitrogen and oxygen atoms in total. The summed E-state index contributed by atoms with van der Waals surface area (Å²) in [5.41, 5.74) is 2.75. The quantitative estimate of drug-likeness (QED) is 0.685. The SMILES string of the molecule is CC(C)(C)c1cccc(N2C=CC=CC=C2)c1. The minimum Gasteiger partial charge on any atom is -0.324 e. The molecule has 0 aromatic heterocycles. The Bertz CT molecular complexity index is 457. The van der Waals surface area contributed by atoms with Gasteiger partial charge in [0.1, 0.15) is 0 Å². The van der Waals surface area contributed by atoms with Crippen molar-refractivity contribution < 1.29 is 0 Å². The lowest BCUT2D eigenvalue weighted by atomic mass is 9.87. The van der Waals surface area contributed by atoms with Crippen LogP contribution in [0.1, 0.15) is 26.3 Å². The van der Waals surface area contributed by atoms with E-state index < -0.39 is 0 Å². The summed E-state index contributed by atoms with van der Waals surface area (Å²) in [6, 6.07) is 8.69. The van der Waals surface area contributed by atoms with Crippen molar-refractivity contribution in [3.8, 4) is 0 Å². The molecule has 0 bridgehead atoms. The zero-order valence-corrected chi connectivity index (χ0v) is 10.7. The van der Waals surface area contributed by atoms with Crippen molar-refractivity contribution in [2.75, 3.05) is 4.90 Å². The fourth-order valence-electron chi connectivity index (χ4n) is 1.77. The average molecular weight is 225 g/mol. The van der Waals surface area contributed by atoms with Crippen LogP contribution >= 0.6 is 0 Å². The summed E-state index contributed by atoms with van der Waals surface area (Å²) in [7, 11) is 0. The van der Waals surface area contributed by atoms with E-state index in [0.29, 0.717) is 0 Å². The van der Waals surface area contributed by atoms with Crippen molar-refractivity contribution in [2.24, 2.45) is 0 Å². The van der Waals surface area contributed by atoms with E-state index in [1.54, 1.807) is 0 Å². The minimum atomic E-state index is 0.188. The molecule has 88 valence electrons. The zero-order valence-electron chi connectivity index (χ0n) is 10.7. The Balaban J connectivity index is 2.34.